The Balaban J connectivity index is 2.00. The maximum atomic E-state index is 12.3. The van der Waals surface area contributed by atoms with E-state index in [1.165, 1.54) is 0 Å². The minimum atomic E-state index is 0.0103. The molecular formula is C15H24N2O2. The second-order valence-electron chi connectivity index (χ2n) is 6.39. The Labute approximate surface area is 115 Å². The predicted octanol–water partition coefficient (Wildman–Crippen LogP) is 2.35. The fourth-order valence-electron chi connectivity index (χ4n) is 2.36. The van der Waals surface area contributed by atoms with Gasteiger partial charge in [-0.2, -0.15) is 0 Å². The molecule has 1 fully saturated rings. The monoisotopic (exact) mass is 264 g/mol. The van der Waals surface area contributed by atoms with E-state index >= 15 is 0 Å². The molecule has 0 spiro atoms. The fourth-order valence-corrected chi connectivity index (χ4v) is 2.36. The van der Waals surface area contributed by atoms with Crippen molar-refractivity contribution in [2.24, 2.45) is 5.92 Å². The molecular weight excluding hydrogens is 240 g/mol. The summed E-state index contributed by atoms with van der Waals surface area (Å²) in [5.41, 5.74) is 0.771. The van der Waals surface area contributed by atoms with Gasteiger partial charge in [0.1, 0.15) is 0 Å². The number of hydrogen-bond acceptors (Lipinski definition) is 2. The van der Waals surface area contributed by atoms with Crippen molar-refractivity contribution in [3.63, 3.8) is 0 Å². The number of carbonyl (C=O) groups is 1. The highest BCUT2D eigenvalue weighted by molar-refractivity contribution is 5.93. The Morgan fingerprint density at radius 3 is 2.79 bits per heavy atom. The molecule has 1 amide bonds. The molecule has 0 N–H and O–H groups in total. The Hall–Kier alpha value is -1.29. The Kier molecular flexibility index (Phi) is 3.99. The van der Waals surface area contributed by atoms with Gasteiger partial charge in [-0.1, -0.05) is 0 Å². The van der Waals surface area contributed by atoms with Crippen molar-refractivity contribution >= 4 is 5.91 Å². The molecule has 1 saturated heterocycles. The van der Waals surface area contributed by atoms with E-state index < -0.39 is 0 Å². The second-order valence-corrected chi connectivity index (χ2v) is 6.39. The van der Waals surface area contributed by atoms with Crippen LogP contribution in [-0.4, -0.2) is 42.2 Å². The van der Waals surface area contributed by atoms with E-state index in [1.807, 2.05) is 30.4 Å². The molecule has 0 aromatic carbocycles. The highest BCUT2D eigenvalue weighted by Gasteiger charge is 2.22. The van der Waals surface area contributed by atoms with Crippen molar-refractivity contribution in [2.45, 2.75) is 32.7 Å². The van der Waals surface area contributed by atoms with Crippen molar-refractivity contribution in [1.82, 2.24) is 9.47 Å². The number of carbonyl (C=O) groups excluding carboxylic acids is 1. The van der Waals surface area contributed by atoms with E-state index in [9.17, 15) is 4.79 Å². The number of nitrogens with zero attached hydrogens (tertiary/aromatic N) is 2. The Bertz CT molecular complexity index is 439. The van der Waals surface area contributed by atoms with Crippen LogP contribution in [0.4, 0.5) is 0 Å². The minimum Gasteiger partial charge on any atom is -0.381 e. The summed E-state index contributed by atoms with van der Waals surface area (Å²) in [6.45, 7) is 8.76. The molecule has 0 radical (unpaired) electrons. The number of rotatable bonds is 3. The summed E-state index contributed by atoms with van der Waals surface area (Å²) in [7, 11) is 1.87. The average Bonchev–Trinajstić information content (AvgIpc) is 2.97. The average molecular weight is 264 g/mol. The Morgan fingerprint density at radius 2 is 2.26 bits per heavy atom. The van der Waals surface area contributed by atoms with Crippen LogP contribution in [-0.2, 0) is 10.3 Å². The fraction of sp³-hybridized carbons (Fsp3) is 0.667. The van der Waals surface area contributed by atoms with Gasteiger partial charge in [0.05, 0.1) is 12.2 Å². The molecule has 1 unspecified atom stereocenters. The molecule has 4 nitrogen and oxygen atoms in total. The lowest BCUT2D eigenvalue weighted by Gasteiger charge is -2.22. The first-order valence-electron chi connectivity index (χ1n) is 6.89. The third kappa shape index (κ3) is 3.38. The maximum absolute atomic E-state index is 12.3. The summed E-state index contributed by atoms with van der Waals surface area (Å²) in [4.78, 5) is 14.2. The number of hydrogen-bond donors (Lipinski definition) is 0. The SMILES string of the molecule is CN(CC1CCOC1)C(=O)c1ccn(C(C)(C)C)c1. The maximum Gasteiger partial charge on any atom is 0.255 e. The first kappa shape index (κ1) is 14.1. The van der Waals surface area contributed by atoms with Gasteiger partial charge < -0.3 is 14.2 Å². The molecule has 2 rings (SSSR count). The lowest BCUT2D eigenvalue weighted by atomic mass is 10.1. The number of ether oxygens (including phenoxy) is 1. The van der Waals surface area contributed by atoms with E-state index in [1.54, 1.807) is 0 Å². The lowest BCUT2D eigenvalue weighted by Crippen LogP contribution is -2.32. The first-order chi connectivity index (χ1) is 8.88. The van der Waals surface area contributed by atoms with Gasteiger partial charge in [0.15, 0.2) is 0 Å². The molecule has 106 valence electrons. The molecule has 0 bridgehead atoms. The van der Waals surface area contributed by atoms with Gasteiger partial charge >= 0.3 is 0 Å². The van der Waals surface area contributed by atoms with E-state index in [0.717, 1.165) is 31.7 Å². The van der Waals surface area contributed by atoms with Crippen LogP contribution in [0.2, 0.25) is 0 Å². The van der Waals surface area contributed by atoms with Crippen LogP contribution in [0.5, 0.6) is 0 Å². The first-order valence-corrected chi connectivity index (χ1v) is 6.89. The zero-order valence-corrected chi connectivity index (χ0v) is 12.3. The van der Waals surface area contributed by atoms with Gasteiger partial charge in [-0.3, -0.25) is 4.79 Å². The van der Waals surface area contributed by atoms with Crippen molar-refractivity contribution in [2.75, 3.05) is 26.8 Å². The Morgan fingerprint density at radius 1 is 1.53 bits per heavy atom. The van der Waals surface area contributed by atoms with Crippen molar-refractivity contribution < 1.29 is 9.53 Å². The van der Waals surface area contributed by atoms with Crippen molar-refractivity contribution in [3.8, 4) is 0 Å². The molecule has 4 heteroatoms. The highest BCUT2D eigenvalue weighted by Crippen LogP contribution is 2.18. The molecule has 0 aliphatic carbocycles. The van der Waals surface area contributed by atoms with Crippen LogP contribution in [0.25, 0.3) is 0 Å². The van der Waals surface area contributed by atoms with Crippen LogP contribution >= 0.6 is 0 Å². The zero-order chi connectivity index (χ0) is 14.0. The zero-order valence-electron chi connectivity index (χ0n) is 12.3. The molecule has 2 heterocycles. The van der Waals surface area contributed by atoms with Crippen LogP contribution < -0.4 is 0 Å². The summed E-state index contributed by atoms with van der Waals surface area (Å²) in [6, 6.07) is 1.90. The molecule has 19 heavy (non-hydrogen) atoms. The summed E-state index contributed by atoms with van der Waals surface area (Å²) in [5.74, 6) is 0.577. The minimum absolute atomic E-state index is 0.0103. The molecule has 1 aliphatic heterocycles. The van der Waals surface area contributed by atoms with E-state index in [2.05, 4.69) is 25.3 Å². The normalized spacial score (nSPS) is 19.7. The van der Waals surface area contributed by atoms with Crippen LogP contribution in [0.1, 0.15) is 37.6 Å². The largest absolute Gasteiger partial charge is 0.381 e. The van der Waals surface area contributed by atoms with E-state index in [-0.39, 0.29) is 11.4 Å². The second kappa shape index (κ2) is 5.37. The smallest absolute Gasteiger partial charge is 0.255 e. The third-order valence-electron chi connectivity index (χ3n) is 3.62. The van der Waals surface area contributed by atoms with Gasteiger partial charge in [-0.25, -0.2) is 0 Å². The van der Waals surface area contributed by atoms with Gasteiger partial charge in [-0.05, 0) is 33.3 Å². The van der Waals surface area contributed by atoms with E-state index in [4.69, 9.17) is 4.74 Å². The summed E-state index contributed by atoms with van der Waals surface area (Å²) in [6.07, 6.45) is 4.96. The van der Waals surface area contributed by atoms with Gasteiger partial charge in [0.2, 0.25) is 0 Å². The van der Waals surface area contributed by atoms with Gasteiger partial charge in [0.25, 0.3) is 5.91 Å². The van der Waals surface area contributed by atoms with Crippen molar-refractivity contribution in [1.29, 1.82) is 0 Å². The topological polar surface area (TPSA) is 34.5 Å². The molecule has 1 aliphatic rings. The lowest BCUT2D eigenvalue weighted by molar-refractivity contribution is 0.0766. The summed E-state index contributed by atoms with van der Waals surface area (Å²) in [5, 5.41) is 0. The molecule has 1 atom stereocenters. The quantitative estimate of drug-likeness (QED) is 0.840. The van der Waals surface area contributed by atoms with E-state index in [0.29, 0.717) is 5.92 Å². The number of aromatic nitrogens is 1. The molecule has 1 aromatic heterocycles. The summed E-state index contributed by atoms with van der Waals surface area (Å²) < 4.78 is 7.43. The van der Waals surface area contributed by atoms with Crippen LogP contribution in [0.15, 0.2) is 18.5 Å². The standard InChI is InChI=1S/C15H24N2O2/c1-15(2,3)17-7-5-13(10-17)14(18)16(4)9-12-6-8-19-11-12/h5,7,10,12H,6,8-9,11H2,1-4H3. The predicted molar refractivity (Wildman–Crippen MR) is 75.3 cm³/mol. The molecule has 1 aromatic rings. The van der Waals surface area contributed by atoms with Gasteiger partial charge in [-0.15, -0.1) is 0 Å². The van der Waals surface area contributed by atoms with Crippen LogP contribution in [0, 0.1) is 5.92 Å². The van der Waals surface area contributed by atoms with Gasteiger partial charge in [0, 0.05) is 44.0 Å². The highest BCUT2D eigenvalue weighted by atomic mass is 16.5. The summed E-state index contributed by atoms with van der Waals surface area (Å²) >= 11 is 0. The van der Waals surface area contributed by atoms with Crippen LogP contribution in [0.3, 0.4) is 0 Å². The molecule has 0 saturated carbocycles. The van der Waals surface area contributed by atoms with Crippen molar-refractivity contribution in [3.05, 3.63) is 24.0 Å². The number of amides is 1. The third-order valence-corrected chi connectivity index (χ3v) is 3.62.